The van der Waals surface area contributed by atoms with Gasteiger partial charge in [0.25, 0.3) is 0 Å². The van der Waals surface area contributed by atoms with Crippen molar-refractivity contribution in [3.8, 4) is 0 Å². The van der Waals surface area contributed by atoms with E-state index in [4.69, 9.17) is 0 Å². The topological polar surface area (TPSA) is 32.3 Å². The van der Waals surface area contributed by atoms with Crippen molar-refractivity contribution < 1.29 is 18.0 Å². The highest BCUT2D eigenvalue weighted by atomic mass is 19.4. The molecule has 1 fully saturated rings. The molecule has 0 aliphatic carbocycles. The van der Waals surface area contributed by atoms with Gasteiger partial charge >= 0.3 is 6.18 Å². The van der Waals surface area contributed by atoms with Crippen LogP contribution in [0.5, 0.6) is 0 Å². The molecule has 2 rings (SSSR count). The van der Waals surface area contributed by atoms with Crippen LogP contribution in [0.25, 0.3) is 0 Å². The highest BCUT2D eigenvalue weighted by molar-refractivity contribution is 6.00. The van der Waals surface area contributed by atoms with E-state index < -0.39 is 17.8 Å². The number of halogens is 3. The van der Waals surface area contributed by atoms with Gasteiger partial charge in [0.1, 0.15) is 0 Å². The first kappa shape index (κ1) is 15.0. The number of rotatable bonds is 3. The van der Waals surface area contributed by atoms with Gasteiger partial charge in [0.15, 0.2) is 5.78 Å². The Labute approximate surface area is 115 Å². The monoisotopic (exact) mass is 286 g/mol. The van der Waals surface area contributed by atoms with Crippen LogP contribution in [0.2, 0.25) is 0 Å². The molecule has 1 aliphatic rings. The van der Waals surface area contributed by atoms with Crippen molar-refractivity contribution in [2.24, 2.45) is 0 Å². The van der Waals surface area contributed by atoms with E-state index in [1.165, 1.54) is 12.1 Å². The van der Waals surface area contributed by atoms with Gasteiger partial charge in [0.05, 0.1) is 11.6 Å². The van der Waals surface area contributed by atoms with Crippen LogP contribution in [0.1, 0.15) is 22.8 Å². The Balaban J connectivity index is 2.16. The molecule has 0 aromatic heterocycles. The van der Waals surface area contributed by atoms with Crippen LogP contribution in [0.3, 0.4) is 0 Å². The third-order valence-electron chi connectivity index (χ3n) is 3.55. The fourth-order valence-electron chi connectivity index (χ4n) is 2.33. The summed E-state index contributed by atoms with van der Waals surface area (Å²) in [5.41, 5.74) is -0.665. The Kier molecular flexibility index (Phi) is 4.45. The molecule has 0 spiro atoms. The van der Waals surface area contributed by atoms with Gasteiger partial charge in [-0.3, -0.25) is 9.69 Å². The van der Waals surface area contributed by atoms with Crippen molar-refractivity contribution in [1.82, 2.24) is 10.2 Å². The molecule has 1 N–H and O–H groups in total. The van der Waals surface area contributed by atoms with E-state index in [0.29, 0.717) is 0 Å². The van der Waals surface area contributed by atoms with Crippen molar-refractivity contribution >= 4 is 5.78 Å². The molecule has 1 saturated heterocycles. The standard InChI is InChI=1S/C14H17F3N2O/c1-10(19-7-5-18-6-8-19)13(20)11-3-2-4-12(9-11)14(15,16)17/h2-4,9-10,18H,5-8H2,1H3. The second-order valence-corrected chi connectivity index (χ2v) is 4.90. The van der Waals surface area contributed by atoms with Crippen LogP contribution in [0, 0.1) is 0 Å². The number of carbonyl (C=O) groups is 1. The quantitative estimate of drug-likeness (QED) is 0.864. The Morgan fingerprint density at radius 2 is 1.95 bits per heavy atom. The normalized spacial score (nSPS) is 18.8. The number of ketones is 1. The maximum atomic E-state index is 12.7. The van der Waals surface area contributed by atoms with Gasteiger partial charge in [-0.25, -0.2) is 0 Å². The molecule has 20 heavy (non-hydrogen) atoms. The Morgan fingerprint density at radius 1 is 1.30 bits per heavy atom. The fraction of sp³-hybridized carbons (Fsp3) is 0.500. The lowest BCUT2D eigenvalue weighted by atomic mass is 10.0. The van der Waals surface area contributed by atoms with Crippen molar-refractivity contribution in [3.05, 3.63) is 35.4 Å². The van der Waals surface area contributed by atoms with Gasteiger partial charge in [0, 0.05) is 31.7 Å². The highest BCUT2D eigenvalue weighted by Gasteiger charge is 2.32. The summed E-state index contributed by atoms with van der Waals surface area (Å²) in [5.74, 6) is -0.266. The minimum absolute atomic E-state index is 0.117. The SMILES string of the molecule is CC(C(=O)c1cccc(C(F)(F)F)c1)N1CCNCC1. The van der Waals surface area contributed by atoms with Crippen molar-refractivity contribution in [1.29, 1.82) is 0 Å². The van der Waals surface area contributed by atoms with Crippen LogP contribution in [-0.2, 0) is 6.18 Å². The minimum atomic E-state index is -4.42. The summed E-state index contributed by atoms with van der Waals surface area (Å²) in [5, 5.41) is 3.18. The van der Waals surface area contributed by atoms with Gasteiger partial charge in [-0.1, -0.05) is 12.1 Å². The molecular formula is C14H17F3N2O. The predicted molar refractivity (Wildman–Crippen MR) is 69.7 cm³/mol. The second-order valence-electron chi connectivity index (χ2n) is 4.90. The molecule has 1 aromatic carbocycles. The largest absolute Gasteiger partial charge is 0.416 e. The maximum Gasteiger partial charge on any atom is 0.416 e. The Hall–Kier alpha value is -1.40. The molecule has 0 saturated carbocycles. The van der Waals surface area contributed by atoms with E-state index in [1.54, 1.807) is 6.92 Å². The molecule has 1 heterocycles. The summed E-state index contributed by atoms with van der Waals surface area (Å²) >= 11 is 0. The summed E-state index contributed by atoms with van der Waals surface area (Å²) < 4.78 is 38.0. The summed E-state index contributed by atoms with van der Waals surface area (Å²) in [6, 6.07) is 4.23. The summed E-state index contributed by atoms with van der Waals surface area (Å²) in [6.07, 6.45) is -4.42. The van der Waals surface area contributed by atoms with E-state index in [1.807, 2.05) is 4.90 Å². The van der Waals surface area contributed by atoms with Crippen molar-refractivity contribution in [3.63, 3.8) is 0 Å². The molecule has 1 unspecified atom stereocenters. The zero-order valence-corrected chi connectivity index (χ0v) is 11.2. The van der Waals surface area contributed by atoms with Gasteiger partial charge in [0.2, 0.25) is 0 Å². The molecule has 1 atom stereocenters. The summed E-state index contributed by atoms with van der Waals surface area (Å²) in [4.78, 5) is 14.3. The second kappa shape index (κ2) is 5.93. The lowest BCUT2D eigenvalue weighted by molar-refractivity contribution is -0.137. The van der Waals surface area contributed by atoms with E-state index in [2.05, 4.69) is 5.32 Å². The molecule has 6 heteroatoms. The predicted octanol–water partition coefficient (Wildman–Crippen LogP) is 2.18. The molecule has 110 valence electrons. The van der Waals surface area contributed by atoms with E-state index in [9.17, 15) is 18.0 Å². The first-order valence-electron chi connectivity index (χ1n) is 6.56. The van der Waals surface area contributed by atoms with Crippen LogP contribution >= 0.6 is 0 Å². The molecule has 0 bridgehead atoms. The van der Waals surface area contributed by atoms with Gasteiger partial charge in [-0.2, -0.15) is 13.2 Å². The van der Waals surface area contributed by atoms with Crippen LogP contribution in [0.15, 0.2) is 24.3 Å². The minimum Gasteiger partial charge on any atom is -0.314 e. The lowest BCUT2D eigenvalue weighted by Crippen LogP contribution is -2.50. The zero-order chi connectivity index (χ0) is 14.8. The van der Waals surface area contributed by atoms with Crippen LogP contribution in [0.4, 0.5) is 13.2 Å². The number of carbonyl (C=O) groups excluding carboxylic acids is 1. The molecule has 1 aliphatic heterocycles. The molecule has 0 amide bonds. The number of piperazine rings is 1. The number of nitrogens with one attached hydrogen (secondary N) is 1. The summed E-state index contributed by atoms with van der Waals surface area (Å²) in [6.45, 7) is 4.78. The number of nitrogens with zero attached hydrogens (tertiary/aromatic N) is 1. The maximum absolute atomic E-state index is 12.7. The summed E-state index contributed by atoms with van der Waals surface area (Å²) in [7, 11) is 0. The third kappa shape index (κ3) is 3.37. The number of hydrogen-bond donors (Lipinski definition) is 1. The van der Waals surface area contributed by atoms with Crippen molar-refractivity contribution in [2.75, 3.05) is 26.2 Å². The number of hydrogen-bond acceptors (Lipinski definition) is 3. The van der Waals surface area contributed by atoms with E-state index in [-0.39, 0.29) is 11.3 Å². The Morgan fingerprint density at radius 3 is 2.55 bits per heavy atom. The smallest absolute Gasteiger partial charge is 0.314 e. The van der Waals surface area contributed by atoms with Gasteiger partial charge < -0.3 is 5.32 Å². The average molecular weight is 286 g/mol. The van der Waals surface area contributed by atoms with Crippen LogP contribution < -0.4 is 5.32 Å². The molecular weight excluding hydrogens is 269 g/mol. The molecule has 1 aromatic rings. The van der Waals surface area contributed by atoms with Gasteiger partial charge in [-0.15, -0.1) is 0 Å². The lowest BCUT2D eigenvalue weighted by Gasteiger charge is -2.31. The fourth-order valence-corrected chi connectivity index (χ4v) is 2.33. The number of benzene rings is 1. The first-order valence-corrected chi connectivity index (χ1v) is 6.56. The molecule has 0 radical (unpaired) electrons. The Bertz CT molecular complexity index is 482. The number of alkyl halides is 3. The zero-order valence-electron chi connectivity index (χ0n) is 11.2. The van der Waals surface area contributed by atoms with Crippen molar-refractivity contribution in [2.45, 2.75) is 19.1 Å². The van der Waals surface area contributed by atoms with Gasteiger partial charge in [-0.05, 0) is 19.1 Å². The first-order chi connectivity index (χ1) is 9.39. The average Bonchev–Trinajstić information content (AvgIpc) is 2.46. The van der Waals surface area contributed by atoms with Crippen LogP contribution in [-0.4, -0.2) is 42.9 Å². The van der Waals surface area contributed by atoms with E-state index >= 15 is 0 Å². The highest BCUT2D eigenvalue weighted by Crippen LogP contribution is 2.29. The third-order valence-corrected chi connectivity index (χ3v) is 3.55. The molecule has 3 nitrogen and oxygen atoms in total. The van der Waals surface area contributed by atoms with E-state index in [0.717, 1.165) is 38.3 Å². The number of Topliss-reactive ketones (excluding diaryl/α,β-unsaturated/α-hetero) is 1.